The normalized spacial score (nSPS) is 35.2. The largest absolute Gasteiger partial charge is 0.356 e. The van der Waals surface area contributed by atoms with E-state index in [0.29, 0.717) is 19.5 Å². The molecule has 4 aliphatic carbocycles. The van der Waals surface area contributed by atoms with Crippen LogP contribution >= 0.6 is 0 Å². The fourth-order valence-corrected chi connectivity index (χ4v) is 5.19. The van der Waals surface area contributed by atoms with Crippen molar-refractivity contribution in [2.45, 2.75) is 63.8 Å². The number of nitrogens with one attached hydrogen (secondary N) is 3. The van der Waals surface area contributed by atoms with Crippen LogP contribution in [0.4, 0.5) is 4.79 Å². The van der Waals surface area contributed by atoms with E-state index < -0.39 is 0 Å². The Kier molecular flexibility index (Phi) is 4.59. The molecule has 0 unspecified atom stereocenters. The second-order valence-electron chi connectivity index (χ2n) is 7.68. The zero-order valence-electron chi connectivity index (χ0n) is 13.6. The Hall–Kier alpha value is -1.26. The van der Waals surface area contributed by atoms with Crippen LogP contribution in [0.5, 0.6) is 0 Å². The lowest BCUT2D eigenvalue weighted by molar-refractivity contribution is -0.120. The van der Waals surface area contributed by atoms with Crippen LogP contribution in [-0.2, 0) is 4.79 Å². The van der Waals surface area contributed by atoms with Gasteiger partial charge in [0.1, 0.15) is 0 Å². The molecule has 0 atom stereocenters. The molecule has 4 fully saturated rings. The molecule has 0 spiro atoms. The van der Waals surface area contributed by atoms with Crippen LogP contribution in [0.2, 0.25) is 0 Å². The van der Waals surface area contributed by atoms with Gasteiger partial charge in [0.2, 0.25) is 5.91 Å². The highest BCUT2D eigenvalue weighted by molar-refractivity contribution is 5.78. The first-order chi connectivity index (χ1) is 10.6. The molecule has 4 saturated carbocycles. The number of carbonyl (C=O) groups is 2. The maximum atomic E-state index is 12.2. The van der Waals surface area contributed by atoms with Gasteiger partial charge in [-0.2, -0.15) is 0 Å². The third-order valence-corrected chi connectivity index (χ3v) is 5.63. The van der Waals surface area contributed by atoms with Gasteiger partial charge < -0.3 is 16.0 Å². The molecule has 0 heterocycles. The van der Waals surface area contributed by atoms with E-state index in [2.05, 4.69) is 16.0 Å². The first-order valence-electron chi connectivity index (χ1n) is 8.91. The lowest BCUT2D eigenvalue weighted by Crippen LogP contribution is -2.61. The fourth-order valence-electron chi connectivity index (χ4n) is 5.19. The van der Waals surface area contributed by atoms with Crippen molar-refractivity contribution < 1.29 is 9.59 Å². The van der Waals surface area contributed by atoms with Crippen molar-refractivity contribution in [3.63, 3.8) is 0 Å². The smallest absolute Gasteiger partial charge is 0.315 e. The molecule has 4 bridgehead atoms. The Morgan fingerprint density at radius 1 is 0.955 bits per heavy atom. The van der Waals surface area contributed by atoms with E-state index >= 15 is 0 Å². The van der Waals surface area contributed by atoms with Gasteiger partial charge in [-0.1, -0.05) is 6.92 Å². The van der Waals surface area contributed by atoms with Crippen LogP contribution in [0, 0.1) is 17.8 Å². The van der Waals surface area contributed by atoms with E-state index in [-0.39, 0.29) is 17.5 Å². The number of hydrogen-bond acceptors (Lipinski definition) is 2. The molecular weight excluding hydrogens is 278 g/mol. The van der Waals surface area contributed by atoms with Gasteiger partial charge in [0.05, 0.1) is 0 Å². The molecule has 0 radical (unpaired) electrons. The summed E-state index contributed by atoms with van der Waals surface area (Å²) >= 11 is 0. The predicted octanol–water partition coefficient (Wildman–Crippen LogP) is 2.17. The Morgan fingerprint density at radius 3 is 2.09 bits per heavy atom. The molecule has 0 aromatic carbocycles. The second kappa shape index (κ2) is 6.47. The van der Waals surface area contributed by atoms with E-state index in [1.54, 1.807) is 0 Å². The number of carbonyl (C=O) groups excluding carboxylic acids is 2. The Morgan fingerprint density at radius 2 is 1.55 bits per heavy atom. The Balaban J connectivity index is 1.41. The zero-order chi connectivity index (χ0) is 15.6. The highest BCUT2D eigenvalue weighted by Gasteiger charge is 2.51. The zero-order valence-corrected chi connectivity index (χ0v) is 13.6. The van der Waals surface area contributed by atoms with Gasteiger partial charge in [0.15, 0.2) is 0 Å². The third kappa shape index (κ3) is 3.55. The molecule has 0 aliphatic heterocycles. The van der Waals surface area contributed by atoms with Gasteiger partial charge >= 0.3 is 6.03 Å². The summed E-state index contributed by atoms with van der Waals surface area (Å²) in [5.74, 6) is 2.49. The Labute approximate surface area is 133 Å². The van der Waals surface area contributed by atoms with Crippen LogP contribution in [0.15, 0.2) is 0 Å². The van der Waals surface area contributed by atoms with Gasteiger partial charge in [0.25, 0.3) is 0 Å². The average Bonchev–Trinajstić information content (AvgIpc) is 2.43. The summed E-state index contributed by atoms with van der Waals surface area (Å²) in [7, 11) is 0. The first kappa shape index (κ1) is 15.6. The molecule has 22 heavy (non-hydrogen) atoms. The molecule has 0 aromatic heterocycles. The molecule has 4 rings (SSSR count). The maximum absolute atomic E-state index is 12.2. The number of hydrogen-bond donors (Lipinski definition) is 3. The second-order valence-corrected chi connectivity index (χ2v) is 7.68. The molecule has 0 saturated heterocycles. The molecule has 0 aromatic rings. The quantitative estimate of drug-likeness (QED) is 0.704. The van der Waals surface area contributed by atoms with Crippen LogP contribution in [-0.4, -0.2) is 30.6 Å². The molecule has 5 nitrogen and oxygen atoms in total. The van der Waals surface area contributed by atoms with Crippen molar-refractivity contribution in [1.29, 1.82) is 0 Å². The van der Waals surface area contributed by atoms with Gasteiger partial charge in [-0.25, -0.2) is 4.79 Å². The minimum absolute atomic E-state index is 0.0111. The van der Waals surface area contributed by atoms with E-state index in [1.807, 2.05) is 6.92 Å². The highest BCUT2D eigenvalue weighted by Crippen LogP contribution is 2.55. The number of amides is 3. The maximum Gasteiger partial charge on any atom is 0.315 e. The number of rotatable bonds is 6. The molecule has 3 amide bonds. The van der Waals surface area contributed by atoms with Crippen molar-refractivity contribution >= 4 is 11.9 Å². The summed E-state index contributed by atoms with van der Waals surface area (Å²) in [5, 5.41) is 8.94. The Bertz CT molecular complexity index is 400. The first-order valence-corrected chi connectivity index (χ1v) is 8.91. The van der Waals surface area contributed by atoms with Crippen molar-refractivity contribution in [3.8, 4) is 0 Å². The van der Waals surface area contributed by atoms with E-state index in [9.17, 15) is 9.59 Å². The summed E-state index contributed by atoms with van der Waals surface area (Å²) in [6, 6.07) is -0.0924. The molecule has 5 heteroatoms. The molecule has 4 aliphatic rings. The molecular formula is C17H29N3O2. The topological polar surface area (TPSA) is 70.2 Å². The average molecular weight is 307 g/mol. The van der Waals surface area contributed by atoms with Gasteiger partial charge in [-0.3, -0.25) is 4.79 Å². The van der Waals surface area contributed by atoms with Crippen molar-refractivity contribution in [3.05, 3.63) is 0 Å². The highest BCUT2D eigenvalue weighted by atomic mass is 16.2. The SMILES string of the molecule is CCCNC(=O)CCNC(=O)NC12CC3CC(CC(C3)C1)C2. The third-order valence-electron chi connectivity index (χ3n) is 5.63. The van der Waals surface area contributed by atoms with Crippen molar-refractivity contribution in [2.75, 3.05) is 13.1 Å². The van der Waals surface area contributed by atoms with Gasteiger partial charge in [0, 0.05) is 25.0 Å². The van der Waals surface area contributed by atoms with Crippen molar-refractivity contribution in [1.82, 2.24) is 16.0 Å². The number of urea groups is 1. The summed E-state index contributed by atoms with van der Waals surface area (Å²) in [4.78, 5) is 23.7. The predicted molar refractivity (Wildman–Crippen MR) is 85.4 cm³/mol. The van der Waals surface area contributed by atoms with E-state index in [1.165, 1.54) is 19.3 Å². The lowest BCUT2D eigenvalue weighted by atomic mass is 9.53. The minimum Gasteiger partial charge on any atom is -0.356 e. The minimum atomic E-state index is -0.0924. The van der Waals surface area contributed by atoms with Gasteiger partial charge in [-0.05, 0) is 62.7 Å². The standard InChI is InChI=1S/C17H29N3O2/c1-2-4-18-15(21)3-5-19-16(22)20-17-9-12-6-13(10-17)8-14(7-12)11-17/h12-14H,2-11H2,1H3,(H,18,21)(H2,19,20,22). The van der Waals surface area contributed by atoms with Crippen LogP contribution in [0.25, 0.3) is 0 Å². The van der Waals surface area contributed by atoms with Crippen molar-refractivity contribution in [2.24, 2.45) is 17.8 Å². The summed E-state index contributed by atoms with van der Waals surface area (Å²) < 4.78 is 0. The van der Waals surface area contributed by atoms with E-state index in [0.717, 1.165) is 43.4 Å². The summed E-state index contributed by atoms with van der Waals surface area (Å²) in [6.45, 7) is 3.14. The molecule has 124 valence electrons. The van der Waals surface area contributed by atoms with Crippen LogP contribution < -0.4 is 16.0 Å². The summed E-state index contributed by atoms with van der Waals surface area (Å²) in [5.41, 5.74) is 0.0449. The van der Waals surface area contributed by atoms with Crippen LogP contribution in [0.3, 0.4) is 0 Å². The summed E-state index contributed by atoms with van der Waals surface area (Å²) in [6.07, 6.45) is 8.89. The monoisotopic (exact) mass is 307 g/mol. The van der Waals surface area contributed by atoms with Crippen LogP contribution in [0.1, 0.15) is 58.3 Å². The lowest BCUT2D eigenvalue weighted by Gasteiger charge is -2.56. The molecule has 3 N–H and O–H groups in total. The van der Waals surface area contributed by atoms with Gasteiger partial charge in [-0.15, -0.1) is 0 Å². The van der Waals surface area contributed by atoms with E-state index in [4.69, 9.17) is 0 Å². The fraction of sp³-hybridized carbons (Fsp3) is 0.882.